The first-order valence-corrected chi connectivity index (χ1v) is 29.9. The summed E-state index contributed by atoms with van der Waals surface area (Å²) < 4.78 is 29.8. The largest absolute Gasteiger partial charge is 0.465 e. The van der Waals surface area contributed by atoms with E-state index in [1.807, 2.05) is 72.8 Å². The molecule has 0 bridgehead atoms. The molecular formula is C69H70Br2ClN4O6+. The number of halogens is 3. The predicted molar refractivity (Wildman–Crippen MR) is 345 cm³/mol. The van der Waals surface area contributed by atoms with E-state index in [1.165, 1.54) is 7.11 Å². The molecule has 7 aromatic rings. The van der Waals surface area contributed by atoms with Gasteiger partial charge in [-0.25, -0.2) is 14.2 Å². The zero-order valence-electron chi connectivity index (χ0n) is 48.1. The van der Waals surface area contributed by atoms with Crippen molar-refractivity contribution in [1.82, 2.24) is 4.58 Å². The molecule has 1 spiro atoms. The van der Waals surface area contributed by atoms with Crippen LogP contribution in [-0.4, -0.2) is 71.4 Å². The van der Waals surface area contributed by atoms with Crippen LogP contribution in [0, 0.1) is 0 Å². The van der Waals surface area contributed by atoms with Crippen molar-refractivity contribution in [2.45, 2.75) is 61.0 Å². The highest BCUT2D eigenvalue weighted by atomic mass is 79.9. The summed E-state index contributed by atoms with van der Waals surface area (Å²) in [4.78, 5) is 33.4. The molecule has 0 saturated heterocycles. The van der Waals surface area contributed by atoms with Crippen LogP contribution < -0.4 is 29.4 Å². The van der Waals surface area contributed by atoms with Crippen LogP contribution in [0.3, 0.4) is 0 Å². The van der Waals surface area contributed by atoms with E-state index in [9.17, 15) is 9.59 Å². The number of esters is 2. The Labute approximate surface area is 505 Å². The molecule has 0 aromatic heterocycles. The van der Waals surface area contributed by atoms with E-state index in [1.54, 1.807) is 0 Å². The molecule has 1 atom stereocenters. The Morgan fingerprint density at radius 1 is 0.524 bits per heavy atom. The highest BCUT2D eigenvalue weighted by molar-refractivity contribution is 9.11. The maximum absolute atomic E-state index is 13.4. The standard InChI is InChI=1S/C35H36BrN2O3.C34H33BrN2O3.ClH/c1-6-37(7-2)28-21-19-26-31(24-17-13-14-18-25(24)35(39)40-5)27-20-22-29(38(8-3)9-4)32(36)34(27)41-33(26)30(28)23-15-11-10-12-16-23;1-5-36(6-2)27-20-18-25-31(29(27)22-14-10-9-11-15-22)39-32-26(19-21-28(30(32)35)37(7-3)8-4)34(25)24-17-13-12-16-23(24)33(38)40-34;/h10-22H,6-9H2,1-5H3;9-21H,5-8H2,1-4H3;1H/q+1;;. The van der Waals surface area contributed by atoms with Gasteiger partial charge in [0.05, 0.1) is 28.4 Å². The van der Waals surface area contributed by atoms with E-state index in [-0.39, 0.29) is 24.3 Å². The smallest absolute Gasteiger partial charge is 0.340 e. The van der Waals surface area contributed by atoms with Crippen LogP contribution in [0.4, 0.5) is 17.1 Å². The fourth-order valence-corrected chi connectivity index (χ4v) is 13.4. The lowest BCUT2D eigenvalue weighted by Gasteiger charge is -2.39. The molecular weight excluding hydrogens is 1180 g/mol. The van der Waals surface area contributed by atoms with Gasteiger partial charge in [-0.15, -0.1) is 12.4 Å². The van der Waals surface area contributed by atoms with Gasteiger partial charge >= 0.3 is 11.9 Å². The van der Waals surface area contributed by atoms with E-state index in [0.29, 0.717) is 22.6 Å². The Kier molecular flexibility index (Phi) is 18.4. The molecule has 10 nitrogen and oxygen atoms in total. The maximum atomic E-state index is 13.4. The van der Waals surface area contributed by atoms with Gasteiger partial charge < -0.3 is 33.3 Å². The summed E-state index contributed by atoms with van der Waals surface area (Å²) in [6.45, 7) is 24.1. The molecule has 0 N–H and O–H groups in total. The van der Waals surface area contributed by atoms with Gasteiger partial charge in [0.1, 0.15) is 28.9 Å². The number of rotatable bonds is 15. The summed E-state index contributed by atoms with van der Waals surface area (Å²) in [5.41, 5.74) is 13.3. The molecule has 11 rings (SSSR count). The quantitative estimate of drug-likeness (QED) is 0.0566. The van der Waals surface area contributed by atoms with Crippen molar-refractivity contribution >= 4 is 84.2 Å². The first-order chi connectivity index (χ1) is 39.5. The van der Waals surface area contributed by atoms with Crippen LogP contribution in [-0.2, 0) is 15.1 Å². The second-order valence-electron chi connectivity index (χ2n) is 19.9. The molecule has 82 heavy (non-hydrogen) atoms. The van der Waals surface area contributed by atoms with Crippen LogP contribution in [0.1, 0.15) is 92.8 Å². The Hall–Kier alpha value is -7.38. The minimum Gasteiger partial charge on any atom is -0.465 e. The van der Waals surface area contributed by atoms with Gasteiger partial charge in [0.25, 0.3) is 0 Å². The third-order valence-corrected chi connectivity index (χ3v) is 17.6. The fourth-order valence-electron chi connectivity index (χ4n) is 12.0. The van der Waals surface area contributed by atoms with Crippen LogP contribution >= 0.6 is 44.3 Å². The summed E-state index contributed by atoms with van der Waals surface area (Å²) in [6.07, 6.45) is 0. The first-order valence-electron chi connectivity index (χ1n) is 28.3. The molecule has 7 aromatic carbocycles. The highest BCUT2D eigenvalue weighted by Crippen LogP contribution is 2.61. The fraction of sp³-hybridized carbons (Fsp3) is 0.261. The minimum atomic E-state index is -1.13. The first kappa shape index (κ1) is 59.2. The van der Waals surface area contributed by atoms with Crippen LogP contribution in [0.25, 0.3) is 55.7 Å². The van der Waals surface area contributed by atoms with E-state index in [0.717, 1.165) is 156 Å². The van der Waals surface area contributed by atoms with Gasteiger partial charge in [-0.1, -0.05) is 97.1 Å². The number of carbonyl (C=O) groups excluding carboxylic acids is 2. The number of ether oxygens (including phenoxy) is 3. The van der Waals surface area contributed by atoms with E-state index in [4.69, 9.17) is 18.6 Å². The maximum Gasteiger partial charge on any atom is 0.340 e. The molecule has 0 amide bonds. The molecule has 0 radical (unpaired) electrons. The van der Waals surface area contributed by atoms with Crippen molar-refractivity contribution in [1.29, 1.82) is 0 Å². The molecule has 0 saturated carbocycles. The molecule has 13 heteroatoms. The second-order valence-corrected chi connectivity index (χ2v) is 21.5. The summed E-state index contributed by atoms with van der Waals surface area (Å²) in [7, 11) is 1.42. The zero-order valence-corrected chi connectivity index (χ0v) is 52.1. The van der Waals surface area contributed by atoms with Crippen molar-refractivity contribution < 1.29 is 28.2 Å². The number of hydrogen-bond donors (Lipinski definition) is 0. The predicted octanol–water partition coefficient (Wildman–Crippen LogP) is 16.9. The molecule has 3 aliphatic heterocycles. The van der Waals surface area contributed by atoms with Crippen molar-refractivity contribution in [3.05, 3.63) is 200 Å². The topological polar surface area (TPSA) is 87.7 Å². The number of fused-ring (bicyclic) bond motifs is 8. The summed E-state index contributed by atoms with van der Waals surface area (Å²) >= 11 is 7.86. The normalized spacial score (nSPS) is 13.7. The zero-order chi connectivity index (χ0) is 57.1. The van der Waals surface area contributed by atoms with Crippen LogP contribution in [0.2, 0.25) is 0 Å². The van der Waals surface area contributed by atoms with Crippen molar-refractivity contribution in [2.24, 2.45) is 0 Å². The number of benzene rings is 8. The SMILES string of the molecule is CCN(CC)c1ccc2c(-c3ccccc3C(=O)OC)c3ccc(=[N+](CC)CC)c(Br)c-3oc2c1-c1ccccc1.CCN(CC)c1ccc2c(c1Br)Oc1c(ccc(N(CC)CC)c1-c1ccccc1)C21OC(=O)c2ccccc21.Cl. The lowest BCUT2D eigenvalue weighted by Crippen LogP contribution is -2.34. The van der Waals surface area contributed by atoms with Crippen LogP contribution in [0.15, 0.2) is 171 Å². The van der Waals surface area contributed by atoms with E-state index >= 15 is 0 Å². The average Bonchev–Trinajstić information content (AvgIpc) is 1.88. The third kappa shape index (κ3) is 10.1. The van der Waals surface area contributed by atoms with Crippen LogP contribution in [0.5, 0.6) is 11.5 Å². The number of anilines is 3. The Morgan fingerprint density at radius 2 is 1.04 bits per heavy atom. The Morgan fingerprint density at radius 3 is 1.63 bits per heavy atom. The molecule has 1 aliphatic carbocycles. The Balaban J connectivity index is 0.000000195. The van der Waals surface area contributed by atoms with Crippen molar-refractivity contribution in [2.75, 3.05) is 74.2 Å². The second kappa shape index (κ2) is 25.4. The van der Waals surface area contributed by atoms with E-state index in [2.05, 4.69) is 191 Å². The minimum absolute atomic E-state index is 0. The highest BCUT2D eigenvalue weighted by Gasteiger charge is 2.55. The average molecular weight is 1250 g/mol. The van der Waals surface area contributed by atoms with Gasteiger partial charge in [0.2, 0.25) is 5.36 Å². The number of carbonyl (C=O) groups is 2. The lowest BCUT2D eigenvalue weighted by atomic mass is 9.76. The molecule has 3 heterocycles. The van der Waals surface area contributed by atoms with E-state index < -0.39 is 5.60 Å². The summed E-state index contributed by atoms with van der Waals surface area (Å²) in [6, 6.07) is 53.1. The van der Waals surface area contributed by atoms with Crippen molar-refractivity contribution in [3.8, 4) is 56.2 Å². The summed E-state index contributed by atoms with van der Waals surface area (Å²) in [5, 5.41) is 2.00. The third-order valence-electron chi connectivity index (χ3n) is 16.0. The molecule has 422 valence electrons. The Bertz CT molecular complexity index is 3850. The number of nitrogens with zero attached hydrogens (tertiary/aromatic N) is 4. The summed E-state index contributed by atoms with van der Waals surface area (Å²) in [5.74, 6) is 1.43. The van der Waals surface area contributed by atoms with Gasteiger partial charge in [0.15, 0.2) is 17.1 Å². The number of hydrogen-bond acceptors (Lipinski definition) is 9. The monoisotopic (exact) mass is 1240 g/mol. The molecule has 1 unspecified atom stereocenters. The van der Waals surface area contributed by atoms with Crippen molar-refractivity contribution in [3.63, 3.8) is 0 Å². The van der Waals surface area contributed by atoms with Gasteiger partial charge in [-0.05, 0) is 159 Å². The van der Waals surface area contributed by atoms with Gasteiger partial charge in [-0.3, -0.25) is 0 Å². The lowest BCUT2D eigenvalue weighted by molar-refractivity contribution is 0.0224. The number of methoxy groups -OCH3 is 1. The van der Waals surface area contributed by atoms with Gasteiger partial charge in [0, 0.05) is 101 Å². The van der Waals surface area contributed by atoms with Gasteiger partial charge in [-0.2, -0.15) is 0 Å². The molecule has 4 aliphatic rings. The molecule has 0 fully saturated rings.